The molecule has 1 aliphatic heterocycles. The van der Waals surface area contributed by atoms with Gasteiger partial charge >= 0.3 is 0 Å². The molecule has 21 heavy (non-hydrogen) atoms. The Balaban J connectivity index is 1.71. The largest absolute Gasteiger partial charge is 0.338 e. The van der Waals surface area contributed by atoms with Crippen molar-refractivity contribution in [3.8, 4) is 0 Å². The number of amides is 1. The van der Waals surface area contributed by atoms with Gasteiger partial charge in [-0.3, -0.25) is 9.89 Å². The van der Waals surface area contributed by atoms with Gasteiger partial charge in [0, 0.05) is 41.8 Å². The first-order valence-corrected chi connectivity index (χ1v) is 8.33. The molecular formula is C16H18BrN3O. The molecule has 1 atom stereocenters. The van der Waals surface area contributed by atoms with Crippen molar-refractivity contribution in [2.45, 2.75) is 24.1 Å². The number of aromatic nitrogens is 2. The third-order valence-electron chi connectivity index (χ3n) is 4.03. The minimum absolute atomic E-state index is 0.125. The summed E-state index contributed by atoms with van der Waals surface area (Å²) in [6.07, 6.45) is 3.92. The normalized spacial score (nSPS) is 18.7. The SMILES string of the molecule is O=C(c1ccc(CBr)cc1)N1CCCC(c2ccn[nH]2)C1. The van der Waals surface area contributed by atoms with E-state index < -0.39 is 0 Å². The maximum atomic E-state index is 12.6. The molecule has 0 spiro atoms. The van der Waals surface area contributed by atoms with Gasteiger partial charge in [-0.2, -0.15) is 5.10 Å². The number of piperidine rings is 1. The van der Waals surface area contributed by atoms with Crippen LogP contribution in [0.4, 0.5) is 0 Å². The standard InChI is InChI=1S/C16H18BrN3O/c17-10-12-3-5-13(6-4-12)16(21)20-9-1-2-14(11-20)15-7-8-18-19-15/h3-8,14H,1-2,9-11H2,(H,18,19). The monoisotopic (exact) mass is 347 g/mol. The predicted octanol–water partition coefficient (Wildman–Crippen LogP) is 3.32. The molecule has 3 rings (SSSR count). The highest BCUT2D eigenvalue weighted by atomic mass is 79.9. The number of hydrogen-bond donors (Lipinski definition) is 1. The predicted molar refractivity (Wildman–Crippen MR) is 85.5 cm³/mol. The number of alkyl halides is 1. The quantitative estimate of drug-likeness (QED) is 0.865. The Hall–Kier alpha value is -1.62. The second-order valence-electron chi connectivity index (χ2n) is 5.43. The van der Waals surface area contributed by atoms with Gasteiger partial charge < -0.3 is 4.90 Å². The molecule has 1 saturated heterocycles. The Bertz CT molecular complexity index is 594. The first kappa shape index (κ1) is 14.3. The van der Waals surface area contributed by atoms with E-state index in [1.807, 2.05) is 35.2 Å². The van der Waals surface area contributed by atoms with Crippen molar-refractivity contribution in [1.29, 1.82) is 0 Å². The van der Waals surface area contributed by atoms with Crippen LogP contribution in [0.2, 0.25) is 0 Å². The first-order chi connectivity index (χ1) is 10.3. The molecule has 2 heterocycles. The van der Waals surface area contributed by atoms with Crippen molar-refractivity contribution in [2.75, 3.05) is 13.1 Å². The van der Waals surface area contributed by atoms with Crippen LogP contribution in [-0.2, 0) is 5.33 Å². The maximum absolute atomic E-state index is 12.6. The van der Waals surface area contributed by atoms with Crippen molar-refractivity contribution in [1.82, 2.24) is 15.1 Å². The molecule has 0 radical (unpaired) electrons. The fourth-order valence-corrected chi connectivity index (χ4v) is 3.20. The van der Waals surface area contributed by atoms with Crippen LogP contribution in [0.5, 0.6) is 0 Å². The maximum Gasteiger partial charge on any atom is 0.253 e. The van der Waals surface area contributed by atoms with E-state index in [-0.39, 0.29) is 5.91 Å². The summed E-state index contributed by atoms with van der Waals surface area (Å²) in [7, 11) is 0. The van der Waals surface area contributed by atoms with Gasteiger partial charge in [0.05, 0.1) is 0 Å². The zero-order chi connectivity index (χ0) is 14.7. The van der Waals surface area contributed by atoms with Crippen LogP contribution >= 0.6 is 15.9 Å². The number of H-pyrrole nitrogens is 1. The molecule has 5 heteroatoms. The topological polar surface area (TPSA) is 49.0 Å². The molecule has 2 aromatic rings. The van der Waals surface area contributed by atoms with Crippen molar-refractivity contribution in [3.05, 3.63) is 53.3 Å². The molecule has 4 nitrogen and oxygen atoms in total. The third-order valence-corrected chi connectivity index (χ3v) is 4.67. The van der Waals surface area contributed by atoms with E-state index in [1.54, 1.807) is 6.20 Å². The second kappa shape index (κ2) is 6.43. The van der Waals surface area contributed by atoms with Crippen LogP contribution in [0.15, 0.2) is 36.5 Å². The van der Waals surface area contributed by atoms with Crippen LogP contribution in [0.25, 0.3) is 0 Å². The highest BCUT2D eigenvalue weighted by molar-refractivity contribution is 9.08. The van der Waals surface area contributed by atoms with Gasteiger partial charge in [0.15, 0.2) is 0 Å². The lowest BCUT2D eigenvalue weighted by atomic mass is 9.94. The minimum atomic E-state index is 0.125. The van der Waals surface area contributed by atoms with Gasteiger partial charge in [0.25, 0.3) is 5.91 Å². The molecular weight excluding hydrogens is 330 g/mol. The fourth-order valence-electron chi connectivity index (χ4n) is 2.83. The summed E-state index contributed by atoms with van der Waals surface area (Å²) < 4.78 is 0. The number of carbonyl (C=O) groups excluding carboxylic acids is 1. The van der Waals surface area contributed by atoms with Gasteiger partial charge in [-0.15, -0.1) is 0 Å². The van der Waals surface area contributed by atoms with E-state index in [4.69, 9.17) is 0 Å². The first-order valence-electron chi connectivity index (χ1n) is 7.21. The molecule has 0 aliphatic carbocycles. The van der Waals surface area contributed by atoms with Crippen molar-refractivity contribution in [2.24, 2.45) is 0 Å². The van der Waals surface area contributed by atoms with E-state index in [1.165, 1.54) is 5.56 Å². The highest BCUT2D eigenvalue weighted by Gasteiger charge is 2.26. The number of hydrogen-bond acceptors (Lipinski definition) is 2. The van der Waals surface area contributed by atoms with Crippen molar-refractivity contribution >= 4 is 21.8 Å². The van der Waals surface area contributed by atoms with Crippen LogP contribution in [0, 0.1) is 0 Å². The van der Waals surface area contributed by atoms with Gasteiger partial charge in [0.2, 0.25) is 0 Å². The summed E-state index contributed by atoms with van der Waals surface area (Å²) in [5.74, 6) is 0.493. The molecule has 0 saturated carbocycles. The molecule has 1 unspecified atom stereocenters. The fraction of sp³-hybridized carbons (Fsp3) is 0.375. The summed E-state index contributed by atoms with van der Waals surface area (Å²) >= 11 is 3.42. The summed E-state index contributed by atoms with van der Waals surface area (Å²) in [5.41, 5.74) is 3.08. The lowest BCUT2D eigenvalue weighted by molar-refractivity contribution is 0.0706. The molecule has 1 N–H and O–H groups in total. The van der Waals surface area contributed by atoms with Gasteiger partial charge in [-0.05, 0) is 36.6 Å². The Morgan fingerprint density at radius 1 is 1.33 bits per heavy atom. The number of likely N-dealkylation sites (tertiary alicyclic amines) is 1. The Labute approximate surface area is 132 Å². The molecule has 1 amide bonds. The average Bonchev–Trinajstić information content (AvgIpc) is 3.09. The molecule has 0 bridgehead atoms. The third kappa shape index (κ3) is 3.18. The van der Waals surface area contributed by atoms with E-state index in [0.717, 1.165) is 42.5 Å². The molecule has 1 aliphatic rings. The van der Waals surface area contributed by atoms with Crippen molar-refractivity contribution < 1.29 is 4.79 Å². The van der Waals surface area contributed by atoms with Gasteiger partial charge in [-0.1, -0.05) is 28.1 Å². The van der Waals surface area contributed by atoms with E-state index in [2.05, 4.69) is 26.1 Å². The zero-order valence-electron chi connectivity index (χ0n) is 11.8. The zero-order valence-corrected chi connectivity index (χ0v) is 13.3. The van der Waals surface area contributed by atoms with Gasteiger partial charge in [0.1, 0.15) is 0 Å². The second-order valence-corrected chi connectivity index (χ2v) is 5.99. The number of aromatic amines is 1. The number of nitrogens with zero attached hydrogens (tertiary/aromatic N) is 2. The number of benzene rings is 1. The van der Waals surface area contributed by atoms with Crippen LogP contribution in [0.1, 0.15) is 40.4 Å². The Morgan fingerprint density at radius 3 is 2.81 bits per heavy atom. The van der Waals surface area contributed by atoms with Crippen LogP contribution in [-0.4, -0.2) is 34.1 Å². The van der Waals surface area contributed by atoms with E-state index in [0.29, 0.717) is 5.92 Å². The number of halogens is 1. The molecule has 110 valence electrons. The summed E-state index contributed by atoms with van der Waals surface area (Å²) in [6, 6.07) is 9.83. The summed E-state index contributed by atoms with van der Waals surface area (Å²) in [5, 5.41) is 7.85. The lowest BCUT2D eigenvalue weighted by Gasteiger charge is -2.32. The highest BCUT2D eigenvalue weighted by Crippen LogP contribution is 2.26. The summed E-state index contributed by atoms with van der Waals surface area (Å²) in [4.78, 5) is 14.6. The molecule has 1 aromatic heterocycles. The molecule has 1 fully saturated rings. The number of rotatable bonds is 3. The lowest BCUT2D eigenvalue weighted by Crippen LogP contribution is -2.39. The Morgan fingerprint density at radius 2 is 2.14 bits per heavy atom. The van der Waals surface area contributed by atoms with Crippen LogP contribution < -0.4 is 0 Å². The minimum Gasteiger partial charge on any atom is -0.338 e. The van der Waals surface area contributed by atoms with Crippen LogP contribution in [0.3, 0.4) is 0 Å². The summed E-state index contributed by atoms with van der Waals surface area (Å²) in [6.45, 7) is 1.60. The smallest absolute Gasteiger partial charge is 0.253 e. The molecule has 1 aromatic carbocycles. The van der Waals surface area contributed by atoms with Crippen molar-refractivity contribution in [3.63, 3.8) is 0 Å². The van der Waals surface area contributed by atoms with E-state index >= 15 is 0 Å². The van der Waals surface area contributed by atoms with Gasteiger partial charge in [-0.25, -0.2) is 0 Å². The average molecular weight is 348 g/mol. The number of nitrogens with one attached hydrogen (secondary N) is 1. The van der Waals surface area contributed by atoms with E-state index in [9.17, 15) is 4.79 Å². The Kier molecular flexibility index (Phi) is 4.39. The number of carbonyl (C=O) groups is 1.